The summed E-state index contributed by atoms with van der Waals surface area (Å²) < 4.78 is 53.3. The number of carbonyl (C=O) groups is 8. The maximum absolute atomic E-state index is 15.1. The number of morpholine rings is 1. The molecule has 8 amide bonds. The molecule has 9 rings (SSSR count). The number of piperidine rings is 1. The number of halogens is 2. The number of imide groups is 2. The minimum atomic E-state index is -5.87. The quantitative estimate of drug-likeness (QED) is 0.0314. The Labute approximate surface area is 468 Å². The van der Waals surface area contributed by atoms with Crippen LogP contribution in [-0.2, 0) is 51.9 Å². The van der Waals surface area contributed by atoms with Gasteiger partial charge in [-0.15, -0.1) is 11.3 Å². The lowest BCUT2D eigenvalue weighted by atomic mass is 9.84. The summed E-state index contributed by atoms with van der Waals surface area (Å²) in [7, 11) is -5.87. The van der Waals surface area contributed by atoms with Gasteiger partial charge in [-0.25, -0.2) is 0 Å². The summed E-state index contributed by atoms with van der Waals surface area (Å²) >= 11 is 0.944. The lowest BCUT2D eigenvalue weighted by molar-refractivity contribution is -0.153. The molecule has 5 aromatic rings. The highest BCUT2D eigenvalue weighted by molar-refractivity contribution is 7.52. The molecule has 0 saturated carbocycles. The van der Waals surface area contributed by atoms with Crippen molar-refractivity contribution in [3.8, 4) is 17.6 Å². The molecule has 0 aliphatic carbocycles. The first-order valence-electron chi connectivity index (χ1n) is 26.4. The van der Waals surface area contributed by atoms with Crippen molar-refractivity contribution in [3.05, 3.63) is 135 Å². The van der Waals surface area contributed by atoms with Gasteiger partial charge in [-0.1, -0.05) is 81.5 Å². The van der Waals surface area contributed by atoms with Crippen molar-refractivity contribution in [2.24, 2.45) is 5.41 Å². The average Bonchev–Trinajstić information content (AvgIpc) is 4.12. The van der Waals surface area contributed by atoms with Crippen LogP contribution in [0.5, 0.6) is 5.75 Å². The zero-order chi connectivity index (χ0) is 58.0. The van der Waals surface area contributed by atoms with E-state index in [0.717, 1.165) is 52.3 Å². The van der Waals surface area contributed by atoms with Gasteiger partial charge in [0.15, 0.2) is 6.61 Å². The fraction of sp³-hybridized carbons (Fsp3) is 0.379. The van der Waals surface area contributed by atoms with Crippen LogP contribution in [0.4, 0.5) is 8.78 Å². The summed E-state index contributed by atoms with van der Waals surface area (Å²) in [6.45, 7) is 6.02. The van der Waals surface area contributed by atoms with Crippen LogP contribution in [0.25, 0.3) is 10.1 Å². The standard InChI is InChI=1S/C58H59F2N6O13PS/c1-57(2,3)50(63-52(70)47-30-37-27-39(17-21-46(37)81-47)58(59,60)80(75,76)77)56(74)65-31-38-28-40(18-16-36(38)29-44(65)55(73)64-24-25-78-45(32-64)35-13-9-7-10-14-35)79-33-49(68)61-23-11-6-4-5-8-12-34-15-19-41-42(26-34)54(72)66(53(41)71)43-20-22-48(67)62-51(43)69/h7,9-10,13-19,21,26-28,30,43-45,50H,4-6,11,20,22-25,29,31-33H2,1-3H3,(H,61,68)(H,63,70)(H,62,67,69)(H2,75,76,77)/t43?,44-,45-,50+/m0/s1. The van der Waals surface area contributed by atoms with Crippen LogP contribution in [-0.4, -0.2) is 123 Å². The molecule has 19 nitrogen and oxygen atoms in total. The Morgan fingerprint density at radius 2 is 1.68 bits per heavy atom. The summed E-state index contributed by atoms with van der Waals surface area (Å²) in [6.07, 6.45) is 2.45. The molecule has 5 heterocycles. The summed E-state index contributed by atoms with van der Waals surface area (Å²) in [6, 6.07) is 20.4. The van der Waals surface area contributed by atoms with Gasteiger partial charge in [0.25, 0.3) is 23.6 Å². The Morgan fingerprint density at radius 3 is 2.42 bits per heavy atom. The van der Waals surface area contributed by atoms with E-state index in [1.807, 2.05) is 30.3 Å². The topological polar surface area (TPSA) is 258 Å². The SMILES string of the molecule is CC(C)(C)[C@H](NC(=O)c1cc2cc(C(F)(F)P(=O)(O)O)ccc2s1)C(=O)N1Cc2cc(OCC(=O)NCCCCCC#Cc3ccc4c(c3)C(=O)N(C3CCC(=O)NC3=O)C4=O)ccc2C[C@H]1C(=O)N1CCO[C@H](c2ccccc2)C1. The lowest BCUT2D eigenvalue weighted by Crippen LogP contribution is -2.61. The monoisotopic (exact) mass is 1150 g/mol. The van der Waals surface area contributed by atoms with Gasteiger partial charge in [-0.2, -0.15) is 8.78 Å². The lowest BCUT2D eigenvalue weighted by Gasteiger charge is -2.43. The number of thiophene rings is 1. The predicted octanol–water partition coefficient (Wildman–Crippen LogP) is 6.33. The Bertz CT molecular complexity index is 3460. The molecule has 1 unspecified atom stereocenters. The van der Waals surface area contributed by atoms with Crippen molar-refractivity contribution in [1.29, 1.82) is 0 Å². The highest BCUT2D eigenvalue weighted by Gasteiger charge is 2.51. The van der Waals surface area contributed by atoms with E-state index in [-0.39, 0.29) is 85.3 Å². The minimum Gasteiger partial charge on any atom is -0.484 e. The van der Waals surface area contributed by atoms with Crippen molar-refractivity contribution >= 4 is 76.3 Å². The molecule has 0 radical (unpaired) electrons. The molecule has 4 aliphatic heterocycles. The van der Waals surface area contributed by atoms with E-state index in [0.29, 0.717) is 41.0 Å². The second-order valence-corrected chi connectivity index (χ2v) is 24.1. The predicted molar refractivity (Wildman–Crippen MR) is 292 cm³/mol. The number of unbranched alkanes of at least 4 members (excludes halogenated alkanes) is 3. The molecule has 1 aromatic heterocycles. The largest absolute Gasteiger partial charge is 0.484 e. The first-order valence-corrected chi connectivity index (χ1v) is 28.8. The molecular formula is C58H59F2N6O13PS. The smallest absolute Gasteiger partial charge is 0.399 e. The fourth-order valence-corrected chi connectivity index (χ4v) is 11.6. The van der Waals surface area contributed by atoms with Crippen LogP contribution < -0.4 is 20.7 Å². The summed E-state index contributed by atoms with van der Waals surface area (Å²) in [5, 5.41) is 8.02. The second-order valence-electron chi connectivity index (χ2n) is 21.4. The number of carbonyl (C=O) groups excluding carboxylic acids is 8. The zero-order valence-corrected chi connectivity index (χ0v) is 46.2. The number of ether oxygens (including phenoxy) is 2. The molecule has 81 heavy (non-hydrogen) atoms. The summed E-state index contributed by atoms with van der Waals surface area (Å²) in [4.78, 5) is 130. The molecule has 5 N–H and O–H groups in total. The summed E-state index contributed by atoms with van der Waals surface area (Å²) in [5.74, 6) is 2.16. The third-order valence-corrected chi connectivity index (χ3v) is 16.7. The van der Waals surface area contributed by atoms with E-state index < -0.39 is 83.9 Å². The molecule has 23 heteroatoms. The maximum atomic E-state index is 15.1. The molecular weight excluding hydrogens is 1090 g/mol. The van der Waals surface area contributed by atoms with Gasteiger partial charge in [0, 0.05) is 54.7 Å². The van der Waals surface area contributed by atoms with Crippen LogP contribution in [0, 0.1) is 17.3 Å². The van der Waals surface area contributed by atoms with E-state index in [1.165, 1.54) is 29.2 Å². The first-order chi connectivity index (χ1) is 38.5. The maximum Gasteiger partial charge on any atom is 0.399 e. The average molecular weight is 1150 g/mol. The van der Waals surface area contributed by atoms with Gasteiger partial charge in [0.05, 0.1) is 29.2 Å². The van der Waals surface area contributed by atoms with Crippen molar-refractivity contribution in [2.45, 2.75) is 102 Å². The number of nitrogens with one attached hydrogen (secondary N) is 3. The first kappa shape index (κ1) is 58.0. The van der Waals surface area contributed by atoms with Crippen LogP contribution >= 0.6 is 18.9 Å². The Hall–Kier alpha value is -7.67. The Balaban J connectivity index is 0.819. The number of benzene rings is 4. The Morgan fingerprint density at radius 1 is 0.914 bits per heavy atom. The highest BCUT2D eigenvalue weighted by Crippen LogP contribution is 2.59. The minimum absolute atomic E-state index is 0.0246. The van der Waals surface area contributed by atoms with E-state index in [9.17, 15) is 56.7 Å². The van der Waals surface area contributed by atoms with Gasteiger partial charge >= 0.3 is 13.3 Å². The van der Waals surface area contributed by atoms with Crippen LogP contribution in [0.15, 0.2) is 91.0 Å². The van der Waals surface area contributed by atoms with Gasteiger partial charge in [0.1, 0.15) is 30.0 Å². The number of amides is 8. The number of hydrogen-bond donors (Lipinski definition) is 5. The van der Waals surface area contributed by atoms with E-state index in [4.69, 9.17) is 9.47 Å². The molecule has 424 valence electrons. The van der Waals surface area contributed by atoms with Gasteiger partial charge < -0.3 is 39.7 Å². The van der Waals surface area contributed by atoms with Crippen molar-refractivity contribution < 1.29 is 71.0 Å². The number of nitrogens with zero attached hydrogens (tertiary/aromatic N) is 3. The number of rotatable bonds is 16. The van der Waals surface area contributed by atoms with Gasteiger partial charge in [-0.05, 0) is 95.3 Å². The fourth-order valence-electron chi connectivity index (χ4n) is 10.2. The molecule has 4 aromatic carbocycles. The normalized spacial score (nSPS) is 18.8. The molecule has 4 aliphatic rings. The van der Waals surface area contributed by atoms with E-state index in [2.05, 4.69) is 27.8 Å². The van der Waals surface area contributed by atoms with Crippen molar-refractivity contribution in [1.82, 2.24) is 30.7 Å². The van der Waals surface area contributed by atoms with Gasteiger partial charge in [0.2, 0.25) is 23.6 Å². The van der Waals surface area contributed by atoms with Gasteiger partial charge in [-0.3, -0.25) is 53.1 Å². The van der Waals surface area contributed by atoms with Crippen molar-refractivity contribution in [2.75, 3.05) is 32.8 Å². The van der Waals surface area contributed by atoms with E-state index >= 15 is 4.79 Å². The summed E-state index contributed by atoms with van der Waals surface area (Å²) in [5.41, 5.74) is -3.16. The third-order valence-electron chi connectivity index (χ3n) is 14.6. The third kappa shape index (κ3) is 12.8. The molecule has 0 bridgehead atoms. The zero-order valence-electron chi connectivity index (χ0n) is 44.5. The van der Waals surface area contributed by atoms with Crippen LogP contribution in [0.1, 0.15) is 124 Å². The van der Waals surface area contributed by atoms with Crippen LogP contribution in [0.3, 0.4) is 0 Å². The molecule has 4 atom stereocenters. The Kier molecular flexibility index (Phi) is 17.0. The van der Waals surface area contributed by atoms with Crippen molar-refractivity contribution in [3.63, 3.8) is 0 Å². The number of alkyl halides is 2. The highest BCUT2D eigenvalue weighted by atomic mass is 32.1. The second kappa shape index (κ2) is 23.8. The van der Waals surface area contributed by atoms with E-state index in [1.54, 1.807) is 49.9 Å². The van der Waals surface area contributed by atoms with Crippen LogP contribution in [0.2, 0.25) is 0 Å². The molecule has 2 fully saturated rings. The molecule has 2 saturated heterocycles. The number of fused-ring (bicyclic) bond motifs is 3. The molecule has 0 spiro atoms. The number of hydrogen-bond acceptors (Lipinski definition) is 12.